The molecule has 26 heavy (non-hydrogen) atoms. The van der Waals surface area contributed by atoms with Gasteiger partial charge in [0.05, 0.1) is 5.92 Å². The number of likely N-dealkylation sites (tertiary alicyclic amines) is 1. The number of carbonyl (C=O) groups is 2. The standard InChI is InChI=1S/C19H30N4O2.ClH/c1-3-9-20-10-11-21-18(24)16-7-5-12-23(14-16)19(25)22-17-8-4-6-15(2)13-17;/h4,6,8,13,16,20H,3,5,7,9-12,14H2,1-2H3,(H,21,24)(H,22,25);1H. The number of hydrogen-bond donors (Lipinski definition) is 3. The van der Waals surface area contributed by atoms with Crippen LogP contribution in [0.5, 0.6) is 0 Å². The Bertz CT molecular complexity index is 582. The maximum Gasteiger partial charge on any atom is 0.321 e. The highest BCUT2D eigenvalue weighted by Crippen LogP contribution is 2.18. The van der Waals surface area contributed by atoms with Gasteiger partial charge < -0.3 is 20.9 Å². The third kappa shape index (κ3) is 7.22. The average Bonchev–Trinajstić information content (AvgIpc) is 2.61. The van der Waals surface area contributed by atoms with Gasteiger partial charge in [0.1, 0.15) is 0 Å². The summed E-state index contributed by atoms with van der Waals surface area (Å²) < 4.78 is 0. The molecule has 0 aromatic heterocycles. The molecule has 0 bridgehead atoms. The Balaban J connectivity index is 0.00000338. The first kappa shape index (κ1) is 22.3. The summed E-state index contributed by atoms with van der Waals surface area (Å²) in [7, 11) is 0. The maximum absolute atomic E-state index is 12.5. The maximum atomic E-state index is 12.5. The van der Waals surface area contributed by atoms with Crippen LogP contribution >= 0.6 is 12.4 Å². The molecule has 3 N–H and O–H groups in total. The lowest BCUT2D eigenvalue weighted by atomic mass is 9.97. The monoisotopic (exact) mass is 382 g/mol. The number of piperidine rings is 1. The van der Waals surface area contributed by atoms with Crippen molar-refractivity contribution in [2.75, 3.05) is 38.0 Å². The van der Waals surface area contributed by atoms with Crippen LogP contribution in [0.4, 0.5) is 10.5 Å². The molecule has 7 heteroatoms. The lowest BCUT2D eigenvalue weighted by molar-refractivity contribution is -0.126. The van der Waals surface area contributed by atoms with Crippen molar-refractivity contribution < 1.29 is 9.59 Å². The fourth-order valence-corrected chi connectivity index (χ4v) is 3.02. The highest BCUT2D eigenvalue weighted by Gasteiger charge is 2.28. The fourth-order valence-electron chi connectivity index (χ4n) is 3.02. The van der Waals surface area contributed by atoms with E-state index in [1.54, 1.807) is 4.90 Å². The molecule has 1 heterocycles. The van der Waals surface area contributed by atoms with Crippen molar-refractivity contribution >= 4 is 30.0 Å². The summed E-state index contributed by atoms with van der Waals surface area (Å²) in [6.07, 6.45) is 2.78. The highest BCUT2D eigenvalue weighted by molar-refractivity contribution is 5.90. The Labute approximate surface area is 162 Å². The molecule has 1 atom stereocenters. The van der Waals surface area contributed by atoms with Gasteiger partial charge in [-0.3, -0.25) is 4.79 Å². The number of carbonyl (C=O) groups excluding carboxylic acids is 2. The van der Waals surface area contributed by atoms with Crippen molar-refractivity contribution in [2.24, 2.45) is 5.92 Å². The number of urea groups is 1. The quantitative estimate of drug-likeness (QED) is 0.635. The number of amides is 3. The van der Waals surface area contributed by atoms with Gasteiger partial charge >= 0.3 is 6.03 Å². The third-order valence-corrected chi connectivity index (χ3v) is 4.38. The van der Waals surface area contributed by atoms with Gasteiger partial charge in [-0.15, -0.1) is 12.4 Å². The van der Waals surface area contributed by atoms with Gasteiger partial charge in [0.25, 0.3) is 0 Å². The van der Waals surface area contributed by atoms with E-state index in [-0.39, 0.29) is 30.3 Å². The number of halogens is 1. The minimum Gasteiger partial charge on any atom is -0.355 e. The molecule has 1 aliphatic heterocycles. The van der Waals surface area contributed by atoms with E-state index in [4.69, 9.17) is 0 Å². The Kier molecular flexibility index (Phi) is 10.1. The van der Waals surface area contributed by atoms with Gasteiger partial charge in [-0.25, -0.2) is 4.79 Å². The van der Waals surface area contributed by atoms with E-state index in [0.29, 0.717) is 19.6 Å². The summed E-state index contributed by atoms with van der Waals surface area (Å²) in [5.41, 5.74) is 1.89. The number of aryl methyl sites for hydroxylation is 1. The molecule has 2 rings (SSSR count). The van der Waals surface area contributed by atoms with E-state index in [0.717, 1.165) is 43.6 Å². The summed E-state index contributed by atoms with van der Waals surface area (Å²) in [5, 5.41) is 9.15. The first-order valence-electron chi connectivity index (χ1n) is 9.21. The molecular weight excluding hydrogens is 352 g/mol. The summed E-state index contributed by atoms with van der Waals surface area (Å²) in [5.74, 6) is -0.0745. The number of rotatable bonds is 7. The van der Waals surface area contributed by atoms with Crippen molar-refractivity contribution in [1.82, 2.24) is 15.5 Å². The predicted molar refractivity (Wildman–Crippen MR) is 108 cm³/mol. The molecular formula is C19H31ClN4O2. The molecule has 0 saturated carbocycles. The molecule has 1 unspecified atom stereocenters. The van der Waals surface area contributed by atoms with Gasteiger partial charge in [0.15, 0.2) is 0 Å². The molecule has 1 aromatic carbocycles. The smallest absolute Gasteiger partial charge is 0.321 e. The Morgan fingerprint density at radius 3 is 2.77 bits per heavy atom. The fraction of sp³-hybridized carbons (Fsp3) is 0.579. The molecule has 3 amide bonds. The highest BCUT2D eigenvalue weighted by atomic mass is 35.5. The van der Waals surface area contributed by atoms with E-state index in [2.05, 4.69) is 22.9 Å². The Morgan fingerprint density at radius 1 is 1.23 bits per heavy atom. The number of nitrogens with one attached hydrogen (secondary N) is 3. The van der Waals surface area contributed by atoms with E-state index in [1.807, 2.05) is 31.2 Å². The van der Waals surface area contributed by atoms with Crippen molar-refractivity contribution in [3.05, 3.63) is 29.8 Å². The molecule has 0 aliphatic carbocycles. The van der Waals surface area contributed by atoms with Crippen LogP contribution in [0.25, 0.3) is 0 Å². The minimum absolute atomic E-state index is 0. The van der Waals surface area contributed by atoms with Crippen LogP contribution in [0.2, 0.25) is 0 Å². The molecule has 1 aliphatic rings. The van der Waals surface area contributed by atoms with Gasteiger partial charge in [-0.1, -0.05) is 19.1 Å². The van der Waals surface area contributed by atoms with Crippen LogP contribution in [0, 0.1) is 12.8 Å². The summed E-state index contributed by atoms with van der Waals surface area (Å²) >= 11 is 0. The zero-order chi connectivity index (χ0) is 18.1. The van der Waals surface area contributed by atoms with Crippen molar-refractivity contribution in [2.45, 2.75) is 33.1 Å². The molecule has 146 valence electrons. The predicted octanol–water partition coefficient (Wildman–Crippen LogP) is 2.78. The molecule has 0 radical (unpaired) electrons. The van der Waals surface area contributed by atoms with Gasteiger partial charge in [-0.05, 0) is 50.4 Å². The second kappa shape index (κ2) is 11.8. The molecule has 1 aromatic rings. The van der Waals surface area contributed by atoms with E-state index in [1.165, 1.54) is 0 Å². The van der Waals surface area contributed by atoms with E-state index >= 15 is 0 Å². The number of hydrogen-bond acceptors (Lipinski definition) is 3. The number of benzene rings is 1. The zero-order valence-electron chi connectivity index (χ0n) is 15.7. The number of anilines is 1. The summed E-state index contributed by atoms with van der Waals surface area (Å²) in [4.78, 5) is 26.5. The third-order valence-electron chi connectivity index (χ3n) is 4.38. The zero-order valence-corrected chi connectivity index (χ0v) is 16.5. The van der Waals surface area contributed by atoms with Gasteiger partial charge in [-0.2, -0.15) is 0 Å². The van der Waals surface area contributed by atoms with E-state index in [9.17, 15) is 9.59 Å². The summed E-state index contributed by atoms with van der Waals surface area (Å²) in [6.45, 7) is 7.66. The lowest BCUT2D eigenvalue weighted by Crippen LogP contribution is -2.47. The Hall–Kier alpha value is -1.79. The topological polar surface area (TPSA) is 73.5 Å². The van der Waals surface area contributed by atoms with Crippen molar-refractivity contribution in [1.29, 1.82) is 0 Å². The van der Waals surface area contributed by atoms with Crippen LogP contribution in [-0.2, 0) is 4.79 Å². The average molecular weight is 383 g/mol. The lowest BCUT2D eigenvalue weighted by Gasteiger charge is -2.32. The minimum atomic E-state index is -0.132. The van der Waals surface area contributed by atoms with E-state index < -0.39 is 0 Å². The first-order chi connectivity index (χ1) is 12.1. The second-order valence-electron chi connectivity index (χ2n) is 6.63. The van der Waals surface area contributed by atoms with Gasteiger partial charge in [0, 0.05) is 31.9 Å². The normalized spacial score (nSPS) is 16.5. The van der Waals surface area contributed by atoms with Crippen LogP contribution < -0.4 is 16.0 Å². The SMILES string of the molecule is CCCNCCNC(=O)C1CCCN(C(=O)Nc2cccc(C)c2)C1.Cl. The molecule has 1 fully saturated rings. The summed E-state index contributed by atoms with van der Waals surface area (Å²) in [6, 6.07) is 7.60. The molecule has 0 spiro atoms. The van der Waals surface area contributed by atoms with Crippen LogP contribution in [0.15, 0.2) is 24.3 Å². The largest absolute Gasteiger partial charge is 0.355 e. The Morgan fingerprint density at radius 2 is 2.04 bits per heavy atom. The van der Waals surface area contributed by atoms with Crippen LogP contribution in [0.3, 0.4) is 0 Å². The molecule has 1 saturated heterocycles. The van der Waals surface area contributed by atoms with Crippen LogP contribution in [0.1, 0.15) is 31.7 Å². The first-order valence-corrected chi connectivity index (χ1v) is 9.21. The van der Waals surface area contributed by atoms with Gasteiger partial charge in [0.2, 0.25) is 5.91 Å². The molecule has 6 nitrogen and oxygen atoms in total. The van der Waals surface area contributed by atoms with Crippen LogP contribution in [-0.4, -0.2) is 49.6 Å². The van der Waals surface area contributed by atoms with Crippen molar-refractivity contribution in [3.8, 4) is 0 Å². The second-order valence-corrected chi connectivity index (χ2v) is 6.63. The number of nitrogens with zero attached hydrogens (tertiary/aromatic N) is 1. The van der Waals surface area contributed by atoms with Crippen molar-refractivity contribution in [3.63, 3.8) is 0 Å².